The zero-order valence-corrected chi connectivity index (χ0v) is 15.7. The number of anilines is 1. The Bertz CT molecular complexity index is 733. The summed E-state index contributed by atoms with van der Waals surface area (Å²) in [7, 11) is 0. The predicted octanol–water partition coefficient (Wildman–Crippen LogP) is 3.11. The summed E-state index contributed by atoms with van der Waals surface area (Å²) in [6, 6.07) is 5.99. The maximum absolute atomic E-state index is 12.3. The molecule has 2 aromatic rings. The summed E-state index contributed by atoms with van der Waals surface area (Å²) in [5, 5.41) is 12.1. The third-order valence-electron chi connectivity index (χ3n) is 4.39. The lowest BCUT2D eigenvalue weighted by molar-refractivity contribution is -0.113. The van der Waals surface area contributed by atoms with Crippen LogP contribution in [0, 0.1) is 20.8 Å². The van der Waals surface area contributed by atoms with Gasteiger partial charge in [0.25, 0.3) is 0 Å². The fraction of sp³-hybridized carbons (Fsp3) is 0.500. The molecular formula is C18H24N4O2S. The summed E-state index contributed by atoms with van der Waals surface area (Å²) in [6.45, 7) is 7.50. The van der Waals surface area contributed by atoms with Crippen molar-refractivity contribution in [2.45, 2.75) is 51.4 Å². The molecule has 0 radical (unpaired) electrons. The van der Waals surface area contributed by atoms with Gasteiger partial charge in [-0.25, -0.2) is 0 Å². The van der Waals surface area contributed by atoms with Crippen LogP contribution in [0.1, 0.15) is 29.8 Å². The Balaban J connectivity index is 1.60. The van der Waals surface area contributed by atoms with Crippen molar-refractivity contribution in [3.63, 3.8) is 0 Å². The number of rotatable bonds is 6. The van der Waals surface area contributed by atoms with Crippen LogP contribution in [-0.2, 0) is 16.1 Å². The number of thioether (sulfide) groups is 1. The summed E-state index contributed by atoms with van der Waals surface area (Å²) in [6.07, 6.45) is 2.39. The number of ether oxygens (including phenoxy) is 1. The van der Waals surface area contributed by atoms with Crippen LogP contribution in [0.3, 0.4) is 0 Å². The Morgan fingerprint density at radius 2 is 2.08 bits per heavy atom. The summed E-state index contributed by atoms with van der Waals surface area (Å²) in [4.78, 5) is 12.3. The molecular weight excluding hydrogens is 336 g/mol. The number of amides is 1. The summed E-state index contributed by atoms with van der Waals surface area (Å²) in [5.41, 5.74) is 3.02. The number of benzene rings is 1. The predicted molar refractivity (Wildman–Crippen MR) is 99.0 cm³/mol. The molecule has 1 aromatic carbocycles. The van der Waals surface area contributed by atoms with Crippen molar-refractivity contribution in [1.29, 1.82) is 0 Å². The molecule has 25 heavy (non-hydrogen) atoms. The van der Waals surface area contributed by atoms with Crippen molar-refractivity contribution in [1.82, 2.24) is 14.8 Å². The molecule has 0 saturated carbocycles. The van der Waals surface area contributed by atoms with Crippen molar-refractivity contribution >= 4 is 23.4 Å². The molecule has 6 nitrogen and oxygen atoms in total. The highest BCUT2D eigenvalue weighted by atomic mass is 32.2. The number of carbonyl (C=O) groups is 1. The van der Waals surface area contributed by atoms with Crippen molar-refractivity contribution in [3.05, 3.63) is 35.2 Å². The van der Waals surface area contributed by atoms with E-state index in [1.165, 1.54) is 11.8 Å². The van der Waals surface area contributed by atoms with Crippen LogP contribution in [0.4, 0.5) is 5.69 Å². The zero-order valence-electron chi connectivity index (χ0n) is 14.9. The Hall–Kier alpha value is -1.86. The minimum atomic E-state index is -0.0354. The van der Waals surface area contributed by atoms with Crippen LogP contribution < -0.4 is 5.32 Å². The minimum absolute atomic E-state index is 0.0354. The molecule has 1 atom stereocenters. The highest BCUT2D eigenvalue weighted by molar-refractivity contribution is 7.99. The molecule has 1 aromatic heterocycles. The standard InChI is InChI=1S/C18H24N4O2S/c1-12-6-4-7-13(2)17(12)19-16(23)11-25-18-21-20-14(3)22(18)10-15-8-5-9-24-15/h4,6-7,15H,5,8-11H2,1-3H3,(H,19,23)/t15-/m1/s1. The first-order valence-electron chi connectivity index (χ1n) is 8.55. The van der Waals surface area contributed by atoms with E-state index in [-0.39, 0.29) is 12.0 Å². The van der Waals surface area contributed by atoms with Gasteiger partial charge in [0.1, 0.15) is 5.82 Å². The molecule has 0 bridgehead atoms. The lowest BCUT2D eigenvalue weighted by Crippen LogP contribution is -2.18. The third kappa shape index (κ3) is 4.41. The Morgan fingerprint density at radius 1 is 1.32 bits per heavy atom. The van der Waals surface area contributed by atoms with E-state index in [9.17, 15) is 4.79 Å². The first-order chi connectivity index (χ1) is 12.0. The number of carbonyl (C=O) groups excluding carboxylic acids is 1. The van der Waals surface area contributed by atoms with Gasteiger partial charge in [0, 0.05) is 12.3 Å². The van der Waals surface area contributed by atoms with Crippen LogP contribution in [0.25, 0.3) is 0 Å². The number of hydrogen-bond donors (Lipinski definition) is 1. The van der Waals surface area contributed by atoms with Gasteiger partial charge in [0.15, 0.2) is 5.16 Å². The average Bonchev–Trinajstić information content (AvgIpc) is 3.21. The molecule has 1 fully saturated rings. The highest BCUT2D eigenvalue weighted by Gasteiger charge is 2.20. The number of aromatic nitrogens is 3. The minimum Gasteiger partial charge on any atom is -0.376 e. The van der Waals surface area contributed by atoms with Crippen molar-refractivity contribution in [2.24, 2.45) is 0 Å². The van der Waals surface area contributed by atoms with E-state index >= 15 is 0 Å². The van der Waals surface area contributed by atoms with Crippen molar-refractivity contribution in [3.8, 4) is 0 Å². The Morgan fingerprint density at radius 3 is 2.76 bits per heavy atom. The molecule has 2 heterocycles. The molecule has 1 aliphatic rings. The molecule has 134 valence electrons. The van der Waals surface area contributed by atoms with Gasteiger partial charge < -0.3 is 14.6 Å². The fourth-order valence-corrected chi connectivity index (χ4v) is 3.78. The second kappa shape index (κ2) is 8.01. The zero-order chi connectivity index (χ0) is 17.8. The van der Waals surface area contributed by atoms with Gasteiger partial charge in [-0.3, -0.25) is 4.79 Å². The third-order valence-corrected chi connectivity index (χ3v) is 5.36. The van der Waals surface area contributed by atoms with Crippen LogP contribution in [0.2, 0.25) is 0 Å². The number of nitrogens with zero attached hydrogens (tertiary/aromatic N) is 3. The number of nitrogens with one attached hydrogen (secondary N) is 1. The lowest BCUT2D eigenvalue weighted by atomic mass is 10.1. The van der Waals surface area contributed by atoms with Crippen molar-refractivity contribution in [2.75, 3.05) is 17.7 Å². The number of para-hydroxylation sites is 1. The summed E-state index contributed by atoms with van der Waals surface area (Å²) in [5.74, 6) is 1.12. The van der Waals surface area contributed by atoms with E-state index in [0.717, 1.165) is 53.8 Å². The van der Waals surface area contributed by atoms with Gasteiger partial charge in [-0.05, 0) is 44.7 Å². The van der Waals surface area contributed by atoms with E-state index < -0.39 is 0 Å². The van der Waals surface area contributed by atoms with Crippen LogP contribution >= 0.6 is 11.8 Å². The largest absolute Gasteiger partial charge is 0.376 e. The van der Waals surface area contributed by atoms with Gasteiger partial charge in [0.05, 0.1) is 18.4 Å². The highest BCUT2D eigenvalue weighted by Crippen LogP contribution is 2.23. The maximum atomic E-state index is 12.3. The normalized spacial score (nSPS) is 17.0. The molecule has 1 amide bonds. The first kappa shape index (κ1) is 17.9. The molecule has 1 aliphatic heterocycles. The SMILES string of the molecule is Cc1cccc(C)c1NC(=O)CSc1nnc(C)n1C[C@H]1CCCO1. The van der Waals surface area contributed by atoms with Gasteiger partial charge in [0.2, 0.25) is 5.91 Å². The summed E-state index contributed by atoms with van der Waals surface area (Å²) < 4.78 is 7.75. The second-order valence-electron chi connectivity index (χ2n) is 6.38. The fourth-order valence-electron chi connectivity index (χ4n) is 2.99. The van der Waals surface area contributed by atoms with Gasteiger partial charge in [-0.15, -0.1) is 10.2 Å². The molecule has 7 heteroatoms. The molecule has 1 N–H and O–H groups in total. The molecule has 1 saturated heterocycles. The lowest BCUT2D eigenvalue weighted by Gasteiger charge is -2.14. The van der Waals surface area contributed by atoms with E-state index in [1.54, 1.807) is 0 Å². The number of hydrogen-bond acceptors (Lipinski definition) is 5. The van der Waals surface area contributed by atoms with Crippen LogP contribution in [-0.4, -0.2) is 39.1 Å². The maximum Gasteiger partial charge on any atom is 0.234 e. The van der Waals surface area contributed by atoms with Gasteiger partial charge in [-0.2, -0.15) is 0 Å². The van der Waals surface area contributed by atoms with Gasteiger partial charge >= 0.3 is 0 Å². The molecule has 0 unspecified atom stereocenters. The van der Waals surface area contributed by atoms with E-state index in [0.29, 0.717) is 5.75 Å². The Kier molecular flexibility index (Phi) is 5.75. The Labute approximate surface area is 152 Å². The van der Waals surface area contributed by atoms with Crippen LogP contribution in [0.15, 0.2) is 23.4 Å². The van der Waals surface area contributed by atoms with Gasteiger partial charge in [-0.1, -0.05) is 30.0 Å². The number of aryl methyl sites for hydroxylation is 3. The van der Waals surface area contributed by atoms with E-state index in [1.807, 2.05) is 43.5 Å². The molecule has 3 rings (SSSR count). The van der Waals surface area contributed by atoms with E-state index in [4.69, 9.17) is 4.74 Å². The molecule has 0 aliphatic carbocycles. The second-order valence-corrected chi connectivity index (χ2v) is 7.32. The van der Waals surface area contributed by atoms with Crippen molar-refractivity contribution < 1.29 is 9.53 Å². The first-order valence-corrected chi connectivity index (χ1v) is 9.53. The summed E-state index contributed by atoms with van der Waals surface area (Å²) >= 11 is 1.41. The smallest absolute Gasteiger partial charge is 0.234 e. The monoisotopic (exact) mass is 360 g/mol. The average molecular weight is 360 g/mol. The topological polar surface area (TPSA) is 69.0 Å². The van der Waals surface area contributed by atoms with Crippen LogP contribution in [0.5, 0.6) is 0 Å². The van der Waals surface area contributed by atoms with E-state index in [2.05, 4.69) is 15.5 Å². The quantitative estimate of drug-likeness (QED) is 0.802. The molecule has 0 spiro atoms.